The Morgan fingerprint density at radius 1 is 1.14 bits per heavy atom. The second kappa shape index (κ2) is 5.92. The average molecular weight is 383 g/mol. The van der Waals surface area contributed by atoms with E-state index >= 15 is 0 Å². The molecule has 1 aromatic carbocycles. The summed E-state index contributed by atoms with van der Waals surface area (Å²) in [6.07, 6.45) is 2.13. The molecule has 28 heavy (non-hydrogen) atoms. The van der Waals surface area contributed by atoms with Crippen LogP contribution in [0.1, 0.15) is 36.2 Å². The van der Waals surface area contributed by atoms with Crippen LogP contribution in [0.15, 0.2) is 42.6 Å². The van der Waals surface area contributed by atoms with Crippen molar-refractivity contribution in [3.8, 4) is 5.82 Å². The third kappa shape index (κ3) is 2.59. The van der Waals surface area contributed by atoms with E-state index in [-0.39, 0.29) is 5.65 Å². The third-order valence-electron chi connectivity index (χ3n) is 5.09. The summed E-state index contributed by atoms with van der Waals surface area (Å²) in [5.41, 5.74) is 3.95. The zero-order valence-electron chi connectivity index (χ0n) is 15.0. The van der Waals surface area contributed by atoms with Crippen molar-refractivity contribution in [3.05, 3.63) is 59.6 Å². The van der Waals surface area contributed by atoms with Crippen LogP contribution in [0.5, 0.6) is 0 Å². The van der Waals surface area contributed by atoms with Crippen molar-refractivity contribution in [2.45, 2.75) is 32.4 Å². The largest absolute Gasteiger partial charge is 0.453 e. The van der Waals surface area contributed by atoms with Crippen molar-refractivity contribution >= 4 is 22.1 Å². The molecule has 0 radical (unpaired) electrons. The Morgan fingerprint density at radius 3 is 2.75 bits per heavy atom. The molecule has 0 bridgehead atoms. The Kier molecular flexibility index (Phi) is 3.59. The number of hydrogen-bond acceptors (Lipinski definition) is 3. The standard InChI is InChI=1S/C20H16F3N5/c1-12-5-4-8-14-11-24-28(18(12)14)17-10-15(13-6-2-3-7-13)9-16-25-19(20(21,22)23)26-27(16)17/h4-6,8-11H,2-3,7H2,1H3. The van der Waals surface area contributed by atoms with E-state index in [4.69, 9.17) is 0 Å². The Hall–Kier alpha value is -3.16. The number of aromatic nitrogens is 5. The molecule has 3 heterocycles. The lowest BCUT2D eigenvalue weighted by molar-refractivity contribution is -0.144. The molecule has 0 atom stereocenters. The van der Waals surface area contributed by atoms with Crippen LogP contribution >= 0.6 is 0 Å². The van der Waals surface area contributed by atoms with E-state index in [0.717, 1.165) is 46.9 Å². The summed E-state index contributed by atoms with van der Waals surface area (Å²) in [6.45, 7) is 1.95. The molecule has 5 rings (SSSR count). The number of nitrogens with zero attached hydrogens (tertiary/aromatic N) is 5. The van der Waals surface area contributed by atoms with Gasteiger partial charge in [0.1, 0.15) is 0 Å². The van der Waals surface area contributed by atoms with Crippen molar-refractivity contribution in [1.82, 2.24) is 24.4 Å². The van der Waals surface area contributed by atoms with Crippen LogP contribution in [0, 0.1) is 6.92 Å². The highest BCUT2D eigenvalue weighted by Crippen LogP contribution is 2.32. The molecule has 4 aromatic rings. The predicted octanol–water partition coefficient (Wildman–Crippen LogP) is 4.96. The second-order valence-corrected chi connectivity index (χ2v) is 7.00. The molecule has 142 valence electrons. The van der Waals surface area contributed by atoms with Gasteiger partial charge >= 0.3 is 6.18 Å². The quantitative estimate of drug-likeness (QED) is 0.491. The average Bonchev–Trinajstić information content (AvgIpc) is 3.39. The summed E-state index contributed by atoms with van der Waals surface area (Å²) in [7, 11) is 0. The first-order valence-corrected chi connectivity index (χ1v) is 9.03. The summed E-state index contributed by atoms with van der Waals surface area (Å²) < 4.78 is 42.6. The van der Waals surface area contributed by atoms with Crippen molar-refractivity contribution in [2.24, 2.45) is 0 Å². The fraction of sp³-hybridized carbons (Fsp3) is 0.250. The molecular weight excluding hydrogens is 367 g/mol. The number of fused-ring (bicyclic) bond motifs is 2. The number of aryl methyl sites for hydroxylation is 1. The van der Waals surface area contributed by atoms with Gasteiger partial charge in [0.25, 0.3) is 5.82 Å². The number of para-hydroxylation sites is 1. The van der Waals surface area contributed by atoms with Crippen LogP contribution in [-0.4, -0.2) is 24.4 Å². The van der Waals surface area contributed by atoms with Gasteiger partial charge in [-0.05, 0) is 55.0 Å². The zero-order valence-corrected chi connectivity index (χ0v) is 15.0. The molecule has 8 heteroatoms. The molecule has 1 aliphatic rings. The fourth-order valence-electron chi connectivity index (χ4n) is 3.78. The molecule has 0 aliphatic heterocycles. The SMILES string of the molecule is Cc1cccc2cnn(-c3cc(C4=CCCC4)cc4nc(C(F)(F)F)nn34)c12. The lowest BCUT2D eigenvalue weighted by Gasteiger charge is -2.11. The third-order valence-corrected chi connectivity index (χ3v) is 5.09. The molecular formula is C20H16F3N5. The van der Waals surface area contributed by atoms with E-state index in [1.807, 2.05) is 31.2 Å². The predicted molar refractivity (Wildman–Crippen MR) is 99.2 cm³/mol. The van der Waals surface area contributed by atoms with Gasteiger partial charge < -0.3 is 0 Å². The number of allylic oxidation sites excluding steroid dienone is 2. The molecule has 0 N–H and O–H groups in total. The Morgan fingerprint density at radius 2 is 2.00 bits per heavy atom. The van der Waals surface area contributed by atoms with Crippen LogP contribution in [-0.2, 0) is 6.18 Å². The first kappa shape index (κ1) is 17.0. The minimum absolute atomic E-state index is 0.157. The Bertz CT molecular complexity index is 1250. The first-order valence-electron chi connectivity index (χ1n) is 9.03. The van der Waals surface area contributed by atoms with Crippen molar-refractivity contribution in [3.63, 3.8) is 0 Å². The number of rotatable bonds is 2. The van der Waals surface area contributed by atoms with Gasteiger partial charge in [0.2, 0.25) is 0 Å². The molecule has 0 amide bonds. The van der Waals surface area contributed by atoms with Crippen molar-refractivity contribution in [2.75, 3.05) is 0 Å². The molecule has 0 spiro atoms. The maximum atomic E-state index is 13.2. The van der Waals surface area contributed by atoms with Gasteiger partial charge in [-0.3, -0.25) is 0 Å². The van der Waals surface area contributed by atoms with Crippen LogP contribution < -0.4 is 0 Å². The maximum Gasteiger partial charge on any atom is 0.453 e. The van der Waals surface area contributed by atoms with Crippen LogP contribution in [0.4, 0.5) is 13.2 Å². The van der Waals surface area contributed by atoms with E-state index in [0.29, 0.717) is 5.82 Å². The summed E-state index contributed by atoms with van der Waals surface area (Å²) in [5.74, 6) is -0.716. The van der Waals surface area contributed by atoms with E-state index in [2.05, 4.69) is 21.3 Å². The molecule has 0 fully saturated rings. The normalized spacial score (nSPS) is 14.9. The lowest BCUT2D eigenvalue weighted by Crippen LogP contribution is -2.09. The molecule has 3 aromatic heterocycles. The first-order chi connectivity index (χ1) is 13.4. The van der Waals surface area contributed by atoms with Gasteiger partial charge in [0.15, 0.2) is 11.5 Å². The van der Waals surface area contributed by atoms with Gasteiger partial charge in [-0.2, -0.15) is 22.8 Å². The second-order valence-electron chi connectivity index (χ2n) is 7.00. The molecule has 0 saturated heterocycles. The number of benzene rings is 1. The molecule has 0 saturated carbocycles. The molecule has 1 aliphatic carbocycles. The molecule has 0 unspecified atom stereocenters. The van der Waals surface area contributed by atoms with Crippen molar-refractivity contribution < 1.29 is 13.2 Å². The monoisotopic (exact) mass is 383 g/mol. The summed E-state index contributed by atoms with van der Waals surface area (Å²) >= 11 is 0. The van der Waals surface area contributed by atoms with Gasteiger partial charge in [-0.1, -0.05) is 24.3 Å². The topological polar surface area (TPSA) is 48.0 Å². The van der Waals surface area contributed by atoms with Gasteiger partial charge in [-0.25, -0.2) is 9.67 Å². The Labute approximate surface area is 158 Å². The lowest BCUT2D eigenvalue weighted by atomic mass is 10.1. The summed E-state index contributed by atoms with van der Waals surface area (Å²) in [6, 6.07) is 9.31. The summed E-state index contributed by atoms with van der Waals surface area (Å²) in [5, 5.41) is 9.10. The van der Waals surface area contributed by atoms with Gasteiger partial charge in [0, 0.05) is 5.39 Å². The number of hydrogen-bond donors (Lipinski definition) is 0. The minimum atomic E-state index is -4.61. The van der Waals surface area contributed by atoms with Crippen molar-refractivity contribution in [1.29, 1.82) is 0 Å². The maximum absolute atomic E-state index is 13.2. The van der Waals surface area contributed by atoms with E-state index in [9.17, 15) is 13.2 Å². The van der Waals surface area contributed by atoms with E-state index < -0.39 is 12.0 Å². The van der Waals surface area contributed by atoms with Crippen LogP contribution in [0.25, 0.3) is 27.9 Å². The summed E-state index contributed by atoms with van der Waals surface area (Å²) in [4.78, 5) is 3.75. The number of halogens is 3. The van der Waals surface area contributed by atoms with E-state index in [1.54, 1.807) is 16.9 Å². The fourth-order valence-corrected chi connectivity index (χ4v) is 3.78. The highest BCUT2D eigenvalue weighted by Gasteiger charge is 2.36. The number of alkyl halides is 3. The highest BCUT2D eigenvalue weighted by molar-refractivity contribution is 5.83. The minimum Gasteiger partial charge on any atom is -0.214 e. The van der Waals surface area contributed by atoms with Gasteiger partial charge in [-0.15, -0.1) is 5.10 Å². The van der Waals surface area contributed by atoms with Crippen LogP contribution in [0.2, 0.25) is 0 Å². The zero-order chi connectivity index (χ0) is 19.5. The molecule has 5 nitrogen and oxygen atoms in total. The number of pyridine rings is 1. The van der Waals surface area contributed by atoms with E-state index in [1.165, 1.54) is 4.52 Å². The highest BCUT2D eigenvalue weighted by atomic mass is 19.4. The van der Waals surface area contributed by atoms with Crippen LogP contribution in [0.3, 0.4) is 0 Å². The smallest absolute Gasteiger partial charge is 0.214 e. The Balaban J connectivity index is 1.84. The van der Waals surface area contributed by atoms with Gasteiger partial charge in [0.05, 0.1) is 11.7 Å².